The lowest BCUT2D eigenvalue weighted by atomic mass is 9.94. The van der Waals surface area contributed by atoms with Crippen molar-refractivity contribution in [2.45, 2.75) is 6.10 Å². The Morgan fingerprint density at radius 3 is 2.92 bits per heavy atom. The number of likely N-dealkylation sites (tertiary alicyclic amines) is 1. The number of carbonyl (C=O) groups excluding carboxylic acids is 1. The van der Waals surface area contributed by atoms with Gasteiger partial charge < -0.3 is 14.7 Å². The van der Waals surface area contributed by atoms with Crippen molar-refractivity contribution in [2.24, 2.45) is 11.8 Å². The Balaban J connectivity index is 1.49. The third-order valence-corrected chi connectivity index (χ3v) is 5.44. The van der Waals surface area contributed by atoms with E-state index in [0.717, 1.165) is 15.7 Å². The molecule has 3 atom stereocenters. The van der Waals surface area contributed by atoms with E-state index in [1.807, 2.05) is 24.3 Å². The number of benzene rings is 1. The van der Waals surface area contributed by atoms with E-state index < -0.39 is 0 Å². The van der Waals surface area contributed by atoms with Crippen molar-refractivity contribution in [3.8, 4) is 11.3 Å². The Morgan fingerprint density at radius 2 is 2.17 bits per heavy atom. The predicted octanol–water partition coefficient (Wildman–Crippen LogP) is 1.92. The van der Waals surface area contributed by atoms with Crippen LogP contribution in [-0.2, 0) is 4.74 Å². The number of hydrogen-bond donors (Lipinski definition) is 2. The van der Waals surface area contributed by atoms with Crippen LogP contribution in [0.3, 0.4) is 0 Å². The Morgan fingerprint density at radius 1 is 1.38 bits per heavy atom. The zero-order valence-corrected chi connectivity index (χ0v) is 14.6. The van der Waals surface area contributed by atoms with E-state index in [9.17, 15) is 9.90 Å². The molecule has 0 aliphatic carbocycles. The average molecular weight is 392 g/mol. The number of carbonyl (C=O) groups is 1. The van der Waals surface area contributed by atoms with Gasteiger partial charge in [0.05, 0.1) is 18.4 Å². The highest BCUT2D eigenvalue weighted by Crippen LogP contribution is 2.34. The summed E-state index contributed by atoms with van der Waals surface area (Å²) in [5, 5.41) is 16.5. The van der Waals surface area contributed by atoms with Crippen molar-refractivity contribution >= 4 is 21.8 Å². The summed E-state index contributed by atoms with van der Waals surface area (Å²) in [5.74, 6) is 0.293. The second-order valence-corrected chi connectivity index (χ2v) is 7.28. The molecule has 3 heterocycles. The highest BCUT2D eigenvalue weighted by molar-refractivity contribution is 9.10. The molecule has 0 spiro atoms. The van der Waals surface area contributed by atoms with Crippen LogP contribution in [0.15, 0.2) is 34.8 Å². The molecule has 2 N–H and O–H groups in total. The lowest BCUT2D eigenvalue weighted by Gasteiger charge is -2.17. The van der Waals surface area contributed by atoms with Gasteiger partial charge in [-0.3, -0.25) is 9.89 Å². The molecule has 0 radical (unpaired) electrons. The molecular weight excluding hydrogens is 374 g/mol. The molecule has 0 saturated carbocycles. The number of nitrogens with one attached hydrogen (secondary N) is 1. The number of aromatic amines is 1. The lowest BCUT2D eigenvalue weighted by molar-refractivity contribution is 0.0651. The van der Waals surface area contributed by atoms with Gasteiger partial charge in [-0.15, -0.1) is 0 Å². The number of halogens is 1. The molecule has 1 aromatic carbocycles. The highest BCUT2D eigenvalue weighted by atomic mass is 79.9. The first-order valence-electron chi connectivity index (χ1n) is 7.99. The SMILES string of the molecule is O=C(c1cc(-c2ccc(Br)cc2)n[nH]1)N1C[C@@H]2[C@H](CO)CO[C@@H]2C1. The van der Waals surface area contributed by atoms with E-state index in [1.54, 1.807) is 11.0 Å². The van der Waals surface area contributed by atoms with E-state index >= 15 is 0 Å². The summed E-state index contributed by atoms with van der Waals surface area (Å²) in [5.41, 5.74) is 2.18. The summed E-state index contributed by atoms with van der Waals surface area (Å²) in [6.45, 7) is 1.90. The van der Waals surface area contributed by atoms with Gasteiger partial charge in [0.1, 0.15) is 5.69 Å². The molecule has 6 nitrogen and oxygen atoms in total. The van der Waals surface area contributed by atoms with Crippen LogP contribution in [0.2, 0.25) is 0 Å². The number of H-pyrrole nitrogens is 1. The summed E-state index contributed by atoms with van der Waals surface area (Å²) in [4.78, 5) is 14.5. The van der Waals surface area contributed by atoms with Crippen LogP contribution in [0.1, 0.15) is 10.5 Å². The number of amides is 1. The van der Waals surface area contributed by atoms with Crippen LogP contribution >= 0.6 is 15.9 Å². The van der Waals surface area contributed by atoms with Gasteiger partial charge in [-0.25, -0.2) is 0 Å². The van der Waals surface area contributed by atoms with E-state index in [4.69, 9.17) is 4.74 Å². The summed E-state index contributed by atoms with van der Waals surface area (Å²) < 4.78 is 6.70. The molecule has 2 aliphatic rings. The summed E-state index contributed by atoms with van der Waals surface area (Å²) >= 11 is 3.41. The first-order chi connectivity index (χ1) is 11.7. The van der Waals surface area contributed by atoms with E-state index in [0.29, 0.717) is 25.4 Å². The fourth-order valence-corrected chi connectivity index (χ4v) is 3.79. The van der Waals surface area contributed by atoms with Gasteiger partial charge in [0.25, 0.3) is 5.91 Å². The maximum atomic E-state index is 12.7. The Labute approximate surface area is 147 Å². The quantitative estimate of drug-likeness (QED) is 0.837. The van der Waals surface area contributed by atoms with Crippen molar-refractivity contribution in [1.29, 1.82) is 0 Å². The van der Waals surface area contributed by atoms with Crippen LogP contribution < -0.4 is 0 Å². The number of rotatable bonds is 3. The number of fused-ring (bicyclic) bond motifs is 1. The first-order valence-corrected chi connectivity index (χ1v) is 8.78. The second kappa shape index (κ2) is 6.31. The highest BCUT2D eigenvalue weighted by Gasteiger charge is 2.45. The molecule has 4 rings (SSSR count). The molecule has 1 amide bonds. The maximum Gasteiger partial charge on any atom is 0.271 e. The van der Waals surface area contributed by atoms with Gasteiger partial charge in [-0.2, -0.15) is 5.10 Å². The zero-order chi connectivity index (χ0) is 16.7. The number of aliphatic hydroxyl groups is 1. The number of aliphatic hydroxyl groups excluding tert-OH is 1. The molecule has 1 aromatic heterocycles. The molecular formula is C17H18BrN3O3. The second-order valence-electron chi connectivity index (χ2n) is 6.36. The molecule has 0 unspecified atom stereocenters. The molecule has 7 heteroatoms. The third kappa shape index (κ3) is 2.76. The van der Waals surface area contributed by atoms with Gasteiger partial charge in [0.2, 0.25) is 0 Å². The summed E-state index contributed by atoms with van der Waals surface area (Å²) in [6, 6.07) is 9.58. The van der Waals surface area contributed by atoms with E-state index in [-0.39, 0.29) is 30.5 Å². The Bertz CT molecular complexity index is 746. The van der Waals surface area contributed by atoms with Crippen molar-refractivity contribution in [3.05, 3.63) is 40.5 Å². The average Bonchev–Trinajstić information content (AvgIpc) is 3.30. The summed E-state index contributed by atoms with van der Waals surface area (Å²) in [6.07, 6.45) is 0.0416. The van der Waals surface area contributed by atoms with E-state index in [2.05, 4.69) is 26.1 Å². The number of aromatic nitrogens is 2. The van der Waals surface area contributed by atoms with Crippen molar-refractivity contribution in [1.82, 2.24) is 15.1 Å². The molecule has 0 bridgehead atoms. The minimum atomic E-state index is -0.0689. The van der Waals surface area contributed by atoms with Gasteiger partial charge in [-0.05, 0) is 18.2 Å². The minimum absolute atomic E-state index is 0.0416. The van der Waals surface area contributed by atoms with Crippen molar-refractivity contribution in [2.75, 3.05) is 26.3 Å². The molecule has 2 saturated heterocycles. The van der Waals surface area contributed by atoms with Crippen molar-refractivity contribution in [3.63, 3.8) is 0 Å². The fourth-order valence-electron chi connectivity index (χ4n) is 3.52. The van der Waals surface area contributed by atoms with E-state index in [1.165, 1.54) is 0 Å². The Hall–Kier alpha value is -1.70. The number of ether oxygens (including phenoxy) is 1. The fraction of sp³-hybridized carbons (Fsp3) is 0.412. The Kier molecular flexibility index (Phi) is 4.15. The van der Waals surface area contributed by atoms with Crippen LogP contribution in [0.25, 0.3) is 11.3 Å². The van der Waals surface area contributed by atoms with Crippen LogP contribution in [0.4, 0.5) is 0 Å². The molecule has 2 aromatic rings. The first kappa shape index (κ1) is 15.8. The summed E-state index contributed by atoms with van der Waals surface area (Å²) in [7, 11) is 0. The number of nitrogens with zero attached hydrogens (tertiary/aromatic N) is 2. The molecule has 2 fully saturated rings. The molecule has 2 aliphatic heterocycles. The third-order valence-electron chi connectivity index (χ3n) is 4.91. The minimum Gasteiger partial charge on any atom is -0.396 e. The molecule has 24 heavy (non-hydrogen) atoms. The topological polar surface area (TPSA) is 78.5 Å². The van der Waals surface area contributed by atoms with Gasteiger partial charge in [-0.1, -0.05) is 28.1 Å². The van der Waals surface area contributed by atoms with Gasteiger partial charge >= 0.3 is 0 Å². The van der Waals surface area contributed by atoms with Crippen LogP contribution in [0, 0.1) is 11.8 Å². The normalized spacial score (nSPS) is 25.9. The monoisotopic (exact) mass is 391 g/mol. The predicted molar refractivity (Wildman–Crippen MR) is 91.4 cm³/mol. The number of hydrogen-bond acceptors (Lipinski definition) is 4. The largest absolute Gasteiger partial charge is 0.396 e. The molecule has 126 valence electrons. The van der Waals surface area contributed by atoms with Crippen LogP contribution in [0.5, 0.6) is 0 Å². The smallest absolute Gasteiger partial charge is 0.271 e. The lowest BCUT2D eigenvalue weighted by Crippen LogP contribution is -2.31. The maximum absolute atomic E-state index is 12.7. The van der Waals surface area contributed by atoms with Crippen molar-refractivity contribution < 1.29 is 14.6 Å². The van der Waals surface area contributed by atoms with Gasteiger partial charge in [0, 0.05) is 41.6 Å². The van der Waals surface area contributed by atoms with Crippen LogP contribution in [-0.4, -0.2) is 58.5 Å². The standard InChI is InChI=1S/C17H18BrN3O3/c18-12-3-1-10(2-4-12)14-5-15(20-19-14)17(23)21-6-13-11(8-22)9-24-16(13)7-21/h1-5,11,13,16,22H,6-9H2,(H,19,20)/t11-,13-,16-/m1/s1. The zero-order valence-electron chi connectivity index (χ0n) is 13.0. The van der Waals surface area contributed by atoms with Gasteiger partial charge in [0.15, 0.2) is 0 Å².